The van der Waals surface area contributed by atoms with Crippen molar-refractivity contribution in [3.63, 3.8) is 0 Å². The Balaban J connectivity index is 1.04. The molecule has 0 bridgehead atoms. The number of amides is 2. The summed E-state index contributed by atoms with van der Waals surface area (Å²) in [5.74, 6) is 0.0808. The molecule has 3 atom stereocenters. The van der Waals surface area contributed by atoms with Crippen molar-refractivity contribution in [3.8, 4) is 0 Å². The number of hydrogen-bond acceptors (Lipinski definition) is 9. The third-order valence-corrected chi connectivity index (χ3v) is 14.7. The van der Waals surface area contributed by atoms with E-state index < -0.39 is 20.5 Å². The van der Waals surface area contributed by atoms with E-state index in [1.165, 1.54) is 26.2 Å². The molecule has 2 aromatic rings. The van der Waals surface area contributed by atoms with Gasteiger partial charge in [-0.2, -0.15) is 0 Å². The Morgan fingerprint density at radius 2 is 1.71 bits per heavy atom. The Morgan fingerprint density at radius 3 is 2.35 bits per heavy atom. The van der Waals surface area contributed by atoms with E-state index in [1.807, 2.05) is 37.2 Å². The van der Waals surface area contributed by atoms with Gasteiger partial charge in [-0.25, -0.2) is 12.8 Å². The lowest BCUT2D eigenvalue weighted by molar-refractivity contribution is -0.142. The van der Waals surface area contributed by atoms with Crippen LogP contribution in [-0.4, -0.2) is 126 Å². The van der Waals surface area contributed by atoms with E-state index >= 15 is 0 Å². The minimum atomic E-state index is -3.53. The predicted molar refractivity (Wildman–Crippen MR) is 211 cm³/mol. The number of piperidine rings is 1. The van der Waals surface area contributed by atoms with Gasteiger partial charge in [-0.15, -0.1) is 0 Å². The first kappa shape index (κ1) is 40.8. The first-order valence-corrected chi connectivity index (χ1v) is 21.3. The van der Waals surface area contributed by atoms with E-state index in [-0.39, 0.29) is 54.4 Å². The summed E-state index contributed by atoms with van der Waals surface area (Å²) in [4.78, 5) is 45.9. The number of likely N-dealkylation sites (tertiary alicyclic amines) is 2. The first-order valence-electron chi connectivity index (χ1n) is 19.8. The predicted octanol–water partition coefficient (Wildman–Crippen LogP) is 4.13. The molecule has 4 fully saturated rings. The summed E-state index contributed by atoms with van der Waals surface area (Å²) in [5, 5.41) is 2.55. The Bertz CT molecular complexity index is 1800. The normalized spacial score (nSPS) is 22.7. The second-order valence-electron chi connectivity index (χ2n) is 16.5. The molecule has 3 heterocycles. The number of nitrogens with zero attached hydrogens (tertiary/aromatic N) is 4. The summed E-state index contributed by atoms with van der Waals surface area (Å²) >= 11 is 0. The molecule has 13 heteroatoms. The van der Waals surface area contributed by atoms with E-state index in [0.717, 1.165) is 76.1 Å². The van der Waals surface area contributed by atoms with Crippen LogP contribution in [0.3, 0.4) is 0 Å². The van der Waals surface area contributed by atoms with Crippen LogP contribution in [0.25, 0.3) is 0 Å². The topological polar surface area (TPSA) is 120 Å². The van der Waals surface area contributed by atoms with Crippen LogP contribution in [0.1, 0.15) is 51.0 Å². The van der Waals surface area contributed by atoms with Crippen LogP contribution < -0.4 is 10.2 Å². The monoisotopic (exact) mass is 779 g/mol. The summed E-state index contributed by atoms with van der Waals surface area (Å²) in [7, 11) is 1.73. The van der Waals surface area contributed by atoms with Crippen LogP contribution in [0.4, 0.5) is 10.1 Å². The fourth-order valence-corrected chi connectivity index (χ4v) is 11.3. The first-order chi connectivity index (χ1) is 26.3. The summed E-state index contributed by atoms with van der Waals surface area (Å²) in [6.07, 6.45) is 8.24. The highest BCUT2D eigenvalue weighted by Crippen LogP contribution is 2.53. The fraction of sp³-hybridized carbons (Fsp3) is 0.595. The van der Waals surface area contributed by atoms with Gasteiger partial charge >= 0.3 is 5.97 Å². The second kappa shape index (κ2) is 17.5. The van der Waals surface area contributed by atoms with Gasteiger partial charge in [-0.05, 0) is 113 Å². The Labute approximate surface area is 326 Å². The van der Waals surface area contributed by atoms with Crippen molar-refractivity contribution in [1.29, 1.82) is 0 Å². The van der Waals surface area contributed by atoms with Crippen molar-refractivity contribution in [3.05, 3.63) is 72.1 Å². The molecule has 1 saturated carbocycles. The number of likely N-dealkylation sites (N-methyl/N-ethyl adjacent to an activating group) is 1. The molecule has 1 N–H and O–H groups in total. The number of esters is 1. The molecular weight excluding hydrogens is 722 g/mol. The quantitative estimate of drug-likeness (QED) is 0.210. The molecular formula is C42H58FN5O6S. The molecule has 55 heavy (non-hydrogen) atoms. The number of nitrogens with one attached hydrogen (secondary N) is 1. The third kappa shape index (κ3) is 9.26. The highest BCUT2D eigenvalue weighted by molar-refractivity contribution is 7.92. The standard InChI is InChI=1S/C42H58FN5O6S/c1-30(49)44-29-42(34-9-6-10-35(43)23-34,39-11-5-8-32(39)22-41(51)54-4)33-17-20-46(21-18-33)24-31-25-47(26-31)36-13-15-37(16-14-36)55(52,53)38-27-48(28-38)40(50)12-7-19-45(2)3/h6-7,9-10,12-16,23,31-33,38-39H,5,8,11,17-22,24-29H2,1-4H3,(H,44,49)/b12-7+/t32-,39+,42+/m1/s1. The van der Waals surface area contributed by atoms with Gasteiger partial charge in [0.1, 0.15) is 11.1 Å². The van der Waals surface area contributed by atoms with Crippen LogP contribution in [0.5, 0.6) is 0 Å². The lowest BCUT2D eigenvalue weighted by atomic mass is 9.57. The maximum absolute atomic E-state index is 14.9. The van der Waals surface area contributed by atoms with Crippen molar-refractivity contribution in [2.75, 3.05) is 85.0 Å². The number of benzene rings is 2. The lowest BCUT2D eigenvalue weighted by Gasteiger charge is -2.51. The number of carbonyl (C=O) groups is 3. The molecule has 6 rings (SSSR count). The Hall–Kier alpha value is -3.81. The van der Waals surface area contributed by atoms with Crippen LogP contribution in [0, 0.1) is 29.5 Å². The smallest absolute Gasteiger partial charge is 0.305 e. The summed E-state index contributed by atoms with van der Waals surface area (Å²) in [5.41, 5.74) is 1.39. The number of anilines is 1. The van der Waals surface area contributed by atoms with Gasteiger partial charge in [-0.1, -0.05) is 24.6 Å². The van der Waals surface area contributed by atoms with Gasteiger partial charge in [0.25, 0.3) is 0 Å². The largest absolute Gasteiger partial charge is 0.469 e. The van der Waals surface area contributed by atoms with E-state index in [1.54, 1.807) is 35.2 Å². The second-order valence-corrected chi connectivity index (χ2v) is 18.7. The molecule has 300 valence electrons. The van der Waals surface area contributed by atoms with Gasteiger partial charge < -0.3 is 29.7 Å². The molecule has 0 spiro atoms. The maximum atomic E-state index is 14.9. The van der Waals surface area contributed by atoms with Crippen LogP contribution >= 0.6 is 0 Å². The van der Waals surface area contributed by atoms with Crippen molar-refractivity contribution in [2.24, 2.45) is 23.7 Å². The molecule has 4 aliphatic rings. The minimum absolute atomic E-state index is 0.0950. The van der Waals surface area contributed by atoms with Crippen molar-refractivity contribution >= 4 is 33.3 Å². The van der Waals surface area contributed by atoms with Crippen molar-refractivity contribution in [2.45, 2.75) is 61.0 Å². The minimum Gasteiger partial charge on any atom is -0.469 e. The molecule has 1 aliphatic carbocycles. The SMILES string of the molecule is COC(=O)C[C@H]1CCC[C@@H]1[C@](CNC(C)=O)(c1cccc(F)c1)C1CCN(CC2CN(c3ccc(S(=O)(=O)C4CN(C(=O)/C=C/CN(C)C)C4)cc3)C2)CC1. The summed E-state index contributed by atoms with van der Waals surface area (Å²) in [6.45, 7) is 7.53. The number of sulfone groups is 1. The molecule has 3 aliphatic heterocycles. The van der Waals surface area contributed by atoms with Gasteiger partial charge in [0.15, 0.2) is 9.84 Å². The summed E-state index contributed by atoms with van der Waals surface area (Å²) < 4.78 is 46.6. The molecule has 2 aromatic carbocycles. The van der Waals surface area contributed by atoms with Gasteiger partial charge in [0.2, 0.25) is 11.8 Å². The van der Waals surface area contributed by atoms with Gasteiger partial charge in [-0.3, -0.25) is 14.4 Å². The Morgan fingerprint density at radius 1 is 1.00 bits per heavy atom. The lowest BCUT2D eigenvalue weighted by Crippen LogP contribution is -2.56. The zero-order valence-electron chi connectivity index (χ0n) is 32.8. The van der Waals surface area contributed by atoms with Gasteiger partial charge in [0.05, 0.1) is 12.0 Å². The van der Waals surface area contributed by atoms with Crippen LogP contribution in [0.2, 0.25) is 0 Å². The molecule has 3 saturated heterocycles. The zero-order chi connectivity index (χ0) is 39.3. The van der Waals surface area contributed by atoms with Crippen LogP contribution in [0.15, 0.2) is 65.6 Å². The maximum Gasteiger partial charge on any atom is 0.305 e. The number of halogens is 1. The average molecular weight is 780 g/mol. The highest BCUT2D eigenvalue weighted by Gasteiger charge is 2.52. The number of methoxy groups -OCH3 is 1. The van der Waals surface area contributed by atoms with Crippen molar-refractivity contribution in [1.82, 2.24) is 20.0 Å². The van der Waals surface area contributed by atoms with E-state index in [2.05, 4.69) is 15.1 Å². The van der Waals surface area contributed by atoms with Crippen molar-refractivity contribution < 1.29 is 31.9 Å². The average Bonchev–Trinajstić information content (AvgIpc) is 3.57. The zero-order valence-corrected chi connectivity index (χ0v) is 33.6. The summed E-state index contributed by atoms with van der Waals surface area (Å²) in [6, 6.07) is 14.0. The molecule has 0 radical (unpaired) electrons. The molecule has 11 nitrogen and oxygen atoms in total. The number of hydrogen-bond donors (Lipinski definition) is 1. The molecule has 0 unspecified atom stereocenters. The third-order valence-electron chi connectivity index (χ3n) is 12.6. The van der Waals surface area contributed by atoms with Crippen LogP contribution in [-0.2, 0) is 34.4 Å². The Kier molecular flexibility index (Phi) is 13.0. The fourth-order valence-electron chi connectivity index (χ4n) is 9.65. The number of rotatable bonds is 15. The van der Waals surface area contributed by atoms with E-state index in [9.17, 15) is 27.2 Å². The van der Waals surface area contributed by atoms with Gasteiger partial charge in [0, 0.05) is 82.3 Å². The molecule has 0 aromatic heterocycles. The van der Waals surface area contributed by atoms with E-state index in [4.69, 9.17) is 4.74 Å². The number of ether oxygens (including phenoxy) is 1. The van der Waals surface area contributed by atoms with E-state index in [0.29, 0.717) is 30.3 Å². The number of carbonyl (C=O) groups excluding carboxylic acids is 3. The highest BCUT2D eigenvalue weighted by atomic mass is 32.2. The molecule has 2 amide bonds.